The van der Waals surface area contributed by atoms with Gasteiger partial charge < -0.3 is 9.66 Å². The summed E-state index contributed by atoms with van der Waals surface area (Å²) in [6.45, 7) is 0. The van der Waals surface area contributed by atoms with Gasteiger partial charge in [0.2, 0.25) is 0 Å². The molecule has 0 aromatic heterocycles. The van der Waals surface area contributed by atoms with Crippen LogP contribution in [-0.4, -0.2) is 74.8 Å². The number of hydrogen-bond donors (Lipinski definition) is 1. The minimum atomic E-state index is -4.58. The van der Waals surface area contributed by atoms with E-state index in [1.54, 1.807) is 0 Å². The Morgan fingerprint density at radius 3 is 2.00 bits per heavy atom. The Bertz CT molecular complexity index is 442. The van der Waals surface area contributed by atoms with Crippen molar-refractivity contribution in [2.24, 2.45) is 0 Å². The first-order chi connectivity index (χ1) is 6.38. The smallest absolute Gasteiger partial charge is 0.412 e. The maximum Gasteiger partial charge on any atom is 0.446 e. The summed E-state index contributed by atoms with van der Waals surface area (Å²) in [6.07, 6.45) is 0. The van der Waals surface area contributed by atoms with Crippen LogP contribution in [0.1, 0.15) is 0 Å². The van der Waals surface area contributed by atoms with Crippen LogP contribution in [0.5, 0.6) is 5.75 Å². The van der Waals surface area contributed by atoms with E-state index in [4.69, 9.17) is 4.55 Å². The molecule has 0 spiro atoms. The van der Waals surface area contributed by atoms with Crippen LogP contribution in [0.4, 0.5) is 5.69 Å². The van der Waals surface area contributed by atoms with Crippen molar-refractivity contribution < 1.29 is 27.6 Å². The molecule has 8 nitrogen and oxygen atoms in total. The van der Waals surface area contributed by atoms with E-state index < -0.39 is 15.3 Å². The van der Waals surface area contributed by atoms with Gasteiger partial charge in [-0.25, -0.2) is 0 Å². The Kier molecular flexibility index (Phi) is 8.34. The average molecular weight is 276 g/mol. The molecule has 3 N–H and O–H groups in total. The molecule has 0 bridgehead atoms. The Morgan fingerprint density at radius 1 is 1.25 bits per heavy atom. The first-order valence-corrected chi connectivity index (χ1v) is 4.66. The minimum absolute atomic E-state index is 0. The minimum Gasteiger partial charge on any atom is -0.412 e. The van der Waals surface area contributed by atoms with Crippen molar-refractivity contribution in [3.63, 3.8) is 0 Å². The van der Waals surface area contributed by atoms with Crippen LogP contribution in [0.25, 0.3) is 0 Å². The summed E-state index contributed by atoms with van der Waals surface area (Å²) in [7, 11) is -4.58. The van der Waals surface area contributed by atoms with Gasteiger partial charge in [-0.2, -0.15) is 8.42 Å². The number of nitro benzene ring substituents is 1. The molecule has 0 saturated carbocycles. The summed E-state index contributed by atoms with van der Waals surface area (Å²) in [5, 5.41) is 10.2. The summed E-state index contributed by atoms with van der Waals surface area (Å²) < 4.78 is 32.7. The molecule has 0 amide bonds. The predicted octanol–water partition coefficient (Wildman–Crippen LogP) is -0.429. The van der Waals surface area contributed by atoms with Crippen molar-refractivity contribution in [2.75, 3.05) is 0 Å². The van der Waals surface area contributed by atoms with Crippen LogP contribution >= 0.6 is 0 Å². The third-order valence-corrected chi connectivity index (χ3v) is 1.65. The summed E-state index contributed by atoms with van der Waals surface area (Å²) >= 11 is 0. The van der Waals surface area contributed by atoms with Crippen LogP contribution in [0.15, 0.2) is 24.3 Å². The van der Waals surface area contributed by atoms with Crippen LogP contribution in [-0.2, 0) is 10.4 Å². The van der Waals surface area contributed by atoms with Crippen LogP contribution in [0.3, 0.4) is 0 Å². The predicted molar refractivity (Wildman–Crippen MR) is 54.6 cm³/mol. The molecule has 0 fully saturated rings. The van der Waals surface area contributed by atoms with E-state index in [-0.39, 0.29) is 68.3 Å². The fourth-order valence-electron chi connectivity index (χ4n) is 0.745. The van der Waals surface area contributed by atoms with Gasteiger partial charge in [0.1, 0.15) is 5.75 Å². The van der Waals surface area contributed by atoms with Crippen LogP contribution in [0.2, 0.25) is 0 Å². The van der Waals surface area contributed by atoms with Crippen molar-refractivity contribution in [1.29, 1.82) is 0 Å². The van der Waals surface area contributed by atoms with Gasteiger partial charge >= 0.3 is 10.4 Å². The molecule has 1 radical (unpaired) electrons. The SMILES string of the molecule is O.O=[N+]([O-])c1ccc(OS(=O)(=O)O)cc1.[K]. The molecule has 0 saturated heterocycles. The molecule has 10 heteroatoms. The van der Waals surface area contributed by atoms with Crippen LogP contribution in [0, 0.1) is 10.1 Å². The van der Waals surface area contributed by atoms with Gasteiger partial charge in [0.25, 0.3) is 5.69 Å². The Morgan fingerprint density at radius 2 is 1.69 bits per heavy atom. The van der Waals surface area contributed by atoms with Gasteiger partial charge in [-0.05, 0) is 12.1 Å². The zero-order chi connectivity index (χ0) is 10.8. The molecule has 85 valence electrons. The van der Waals surface area contributed by atoms with Crippen molar-refractivity contribution in [3.05, 3.63) is 34.4 Å². The summed E-state index contributed by atoms with van der Waals surface area (Å²) in [6, 6.07) is 4.23. The van der Waals surface area contributed by atoms with Gasteiger partial charge in [0.15, 0.2) is 0 Å². The average Bonchev–Trinajstić information content (AvgIpc) is 2.02. The second-order valence-electron chi connectivity index (χ2n) is 2.26. The molecule has 0 aliphatic carbocycles. The standard InChI is InChI=1S/C6H5NO6S.K.H2O/c8-7(9)5-1-3-6(4-2-5)13-14(10,11)12;;/h1-4H,(H,10,11,12);;1H2. The number of benzene rings is 1. The first kappa shape index (κ1) is 18.3. The van der Waals surface area contributed by atoms with Crippen molar-refractivity contribution >= 4 is 67.5 Å². The van der Waals surface area contributed by atoms with Crippen molar-refractivity contribution in [1.82, 2.24) is 0 Å². The second kappa shape index (κ2) is 7.29. The summed E-state index contributed by atoms with van der Waals surface area (Å²) in [4.78, 5) is 9.55. The third kappa shape index (κ3) is 6.50. The molecule has 0 unspecified atom stereocenters. The van der Waals surface area contributed by atoms with Crippen molar-refractivity contribution in [3.8, 4) is 5.75 Å². The fourth-order valence-corrected chi connectivity index (χ4v) is 1.10. The van der Waals surface area contributed by atoms with Gasteiger partial charge in [-0.15, -0.1) is 0 Å². The number of hydrogen-bond acceptors (Lipinski definition) is 5. The van der Waals surface area contributed by atoms with Gasteiger partial charge in [0, 0.05) is 63.5 Å². The Balaban J connectivity index is 0. The van der Waals surface area contributed by atoms with Gasteiger partial charge in [-0.1, -0.05) is 0 Å². The quantitative estimate of drug-likeness (QED) is 0.344. The Hall–Kier alpha value is -0.0736. The van der Waals surface area contributed by atoms with E-state index >= 15 is 0 Å². The van der Waals surface area contributed by atoms with E-state index in [1.165, 1.54) is 0 Å². The number of nitrogens with zero attached hydrogens (tertiary/aromatic N) is 1. The van der Waals surface area contributed by atoms with E-state index in [9.17, 15) is 18.5 Å². The van der Waals surface area contributed by atoms with Gasteiger partial charge in [-0.3, -0.25) is 14.7 Å². The van der Waals surface area contributed by atoms with Gasteiger partial charge in [0.05, 0.1) is 4.92 Å². The maximum absolute atomic E-state index is 10.2. The third-order valence-electron chi connectivity index (χ3n) is 1.25. The zero-order valence-corrected chi connectivity index (χ0v) is 12.1. The van der Waals surface area contributed by atoms with E-state index in [0.29, 0.717) is 0 Å². The van der Waals surface area contributed by atoms with Crippen LogP contribution < -0.4 is 4.18 Å². The molecule has 0 aliphatic heterocycles. The summed E-state index contributed by atoms with van der Waals surface area (Å²) in [5.74, 6) is -0.196. The van der Waals surface area contributed by atoms with Crippen molar-refractivity contribution in [2.45, 2.75) is 0 Å². The molecule has 0 aliphatic rings. The zero-order valence-electron chi connectivity index (χ0n) is 8.15. The largest absolute Gasteiger partial charge is 0.446 e. The maximum atomic E-state index is 10.2. The van der Waals surface area contributed by atoms with E-state index in [2.05, 4.69) is 4.18 Å². The topological polar surface area (TPSA) is 138 Å². The van der Waals surface area contributed by atoms with E-state index in [0.717, 1.165) is 24.3 Å². The first-order valence-electron chi connectivity index (χ1n) is 3.30. The normalized spacial score (nSPS) is 9.56. The summed E-state index contributed by atoms with van der Waals surface area (Å²) in [5.41, 5.74) is -0.201. The molecule has 1 aromatic rings. The number of non-ortho nitro benzene ring substituents is 1. The van der Waals surface area contributed by atoms with E-state index in [1.807, 2.05) is 0 Å². The molecular weight excluding hydrogens is 269 g/mol. The molecule has 16 heavy (non-hydrogen) atoms. The molecular formula is C6H7KNO7S. The Labute approximate surface area is 133 Å². The second-order valence-corrected chi connectivity index (χ2v) is 3.28. The number of rotatable bonds is 3. The molecule has 0 heterocycles. The fraction of sp³-hybridized carbons (Fsp3) is 0. The molecule has 1 aromatic carbocycles. The molecule has 1 rings (SSSR count). The molecule has 0 atom stereocenters. The number of nitro groups is 1. The monoisotopic (exact) mass is 276 g/mol.